The van der Waals surface area contributed by atoms with Crippen LogP contribution < -0.4 is 10.2 Å². The van der Waals surface area contributed by atoms with Crippen LogP contribution in [0.15, 0.2) is 30.5 Å². The van der Waals surface area contributed by atoms with E-state index in [-0.39, 0.29) is 11.2 Å². The van der Waals surface area contributed by atoms with Gasteiger partial charge in [-0.25, -0.2) is 4.39 Å². The predicted octanol–water partition coefficient (Wildman–Crippen LogP) is -0.140. The van der Waals surface area contributed by atoms with Gasteiger partial charge in [0.1, 0.15) is 11.6 Å². The standard InChI is InChI=1S/C12H14BFN2O3/c1-16-11(2-4-15-16)3-5-19-12-7-9(13(17)18)6-10(14)8-12/h2,4,6-8,17-18H,3,5H2,1H3. The maximum Gasteiger partial charge on any atom is 0.488 e. The number of hydrogen-bond acceptors (Lipinski definition) is 4. The molecule has 0 saturated carbocycles. The van der Waals surface area contributed by atoms with Crippen LogP contribution in [0, 0.1) is 5.82 Å². The van der Waals surface area contributed by atoms with Crippen molar-refractivity contribution in [2.24, 2.45) is 7.05 Å². The third kappa shape index (κ3) is 3.55. The number of aromatic nitrogens is 2. The molecular weight excluding hydrogens is 250 g/mol. The minimum absolute atomic E-state index is 0.0653. The van der Waals surface area contributed by atoms with Gasteiger partial charge in [-0.1, -0.05) is 0 Å². The Hall–Kier alpha value is -1.86. The molecule has 0 radical (unpaired) electrons. The predicted molar refractivity (Wildman–Crippen MR) is 68.6 cm³/mol. The number of hydrogen-bond donors (Lipinski definition) is 2. The second-order valence-corrected chi connectivity index (χ2v) is 4.14. The van der Waals surface area contributed by atoms with E-state index in [1.807, 2.05) is 13.1 Å². The number of rotatable bonds is 5. The van der Waals surface area contributed by atoms with Crippen LogP contribution in [-0.2, 0) is 13.5 Å². The zero-order chi connectivity index (χ0) is 13.8. The minimum atomic E-state index is -1.71. The number of ether oxygens (including phenoxy) is 1. The van der Waals surface area contributed by atoms with Crippen molar-refractivity contribution >= 4 is 12.6 Å². The largest absolute Gasteiger partial charge is 0.493 e. The van der Waals surface area contributed by atoms with Crippen LogP contribution in [0.1, 0.15) is 5.69 Å². The van der Waals surface area contributed by atoms with Gasteiger partial charge in [-0.05, 0) is 23.7 Å². The van der Waals surface area contributed by atoms with Gasteiger partial charge < -0.3 is 14.8 Å². The first-order valence-corrected chi connectivity index (χ1v) is 5.82. The van der Waals surface area contributed by atoms with Gasteiger partial charge in [-0.3, -0.25) is 4.68 Å². The molecular formula is C12H14BFN2O3. The molecule has 0 saturated heterocycles. The van der Waals surface area contributed by atoms with Crippen LogP contribution in [0.2, 0.25) is 0 Å². The van der Waals surface area contributed by atoms with Gasteiger partial charge in [-0.15, -0.1) is 0 Å². The monoisotopic (exact) mass is 264 g/mol. The second-order valence-electron chi connectivity index (χ2n) is 4.14. The third-order valence-electron chi connectivity index (χ3n) is 2.74. The molecule has 0 amide bonds. The van der Waals surface area contributed by atoms with E-state index in [4.69, 9.17) is 14.8 Å². The summed E-state index contributed by atoms with van der Waals surface area (Å²) in [4.78, 5) is 0. The van der Waals surface area contributed by atoms with Crippen LogP contribution in [-0.4, -0.2) is 33.6 Å². The molecule has 1 heterocycles. The Kier molecular flexibility index (Phi) is 4.18. The lowest BCUT2D eigenvalue weighted by atomic mass is 9.80. The van der Waals surface area contributed by atoms with Crippen molar-refractivity contribution < 1.29 is 19.2 Å². The summed E-state index contributed by atoms with van der Waals surface area (Å²) in [6.07, 6.45) is 2.32. The summed E-state index contributed by atoms with van der Waals surface area (Å²) < 4.78 is 20.4. The van der Waals surface area contributed by atoms with E-state index in [0.717, 1.165) is 11.8 Å². The van der Waals surface area contributed by atoms with Gasteiger partial charge in [0.25, 0.3) is 0 Å². The van der Waals surface area contributed by atoms with Crippen LogP contribution >= 0.6 is 0 Å². The summed E-state index contributed by atoms with van der Waals surface area (Å²) in [5.74, 6) is -0.300. The molecule has 0 aliphatic heterocycles. The van der Waals surface area contributed by atoms with E-state index in [1.165, 1.54) is 12.1 Å². The van der Waals surface area contributed by atoms with Gasteiger partial charge in [0.05, 0.1) is 6.61 Å². The first-order valence-electron chi connectivity index (χ1n) is 5.82. The van der Waals surface area contributed by atoms with Crippen molar-refractivity contribution in [3.05, 3.63) is 42.0 Å². The number of nitrogens with zero attached hydrogens (tertiary/aromatic N) is 2. The van der Waals surface area contributed by atoms with Crippen LogP contribution in [0.25, 0.3) is 0 Å². The molecule has 1 aromatic carbocycles. The summed E-state index contributed by atoms with van der Waals surface area (Å²) in [6.45, 7) is 0.351. The molecule has 0 aliphatic carbocycles. The summed E-state index contributed by atoms with van der Waals surface area (Å²) in [5, 5.41) is 22.0. The molecule has 7 heteroatoms. The molecule has 100 valence electrons. The lowest BCUT2D eigenvalue weighted by Gasteiger charge is -2.08. The number of halogens is 1. The molecule has 1 aromatic heterocycles. The first-order chi connectivity index (χ1) is 9.06. The smallest absolute Gasteiger partial charge is 0.488 e. The first kappa shape index (κ1) is 13.6. The van der Waals surface area contributed by atoms with Crippen molar-refractivity contribution in [3.8, 4) is 5.75 Å². The van der Waals surface area contributed by atoms with E-state index in [0.29, 0.717) is 13.0 Å². The van der Waals surface area contributed by atoms with E-state index in [9.17, 15) is 4.39 Å². The summed E-state index contributed by atoms with van der Waals surface area (Å²) in [5.41, 5.74) is 1.06. The van der Waals surface area contributed by atoms with Gasteiger partial charge in [0.15, 0.2) is 0 Å². The van der Waals surface area contributed by atoms with Crippen molar-refractivity contribution in [2.75, 3.05) is 6.61 Å². The molecule has 5 nitrogen and oxygen atoms in total. The normalized spacial score (nSPS) is 10.5. The highest BCUT2D eigenvalue weighted by molar-refractivity contribution is 6.58. The Morgan fingerprint density at radius 1 is 1.37 bits per heavy atom. The maximum atomic E-state index is 13.2. The summed E-state index contributed by atoms with van der Waals surface area (Å²) >= 11 is 0. The van der Waals surface area contributed by atoms with Gasteiger partial charge >= 0.3 is 7.12 Å². The minimum Gasteiger partial charge on any atom is -0.493 e. The highest BCUT2D eigenvalue weighted by Crippen LogP contribution is 2.11. The molecule has 19 heavy (non-hydrogen) atoms. The molecule has 2 N–H and O–H groups in total. The third-order valence-corrected chi connectivity index (χ3v) is 2.74. The molecule has 0 fully saturated rings. The summed E-state index contributed by atoms with van der Waals surface area (Å²) in [7, 11) is 0.118. The number of benzene rings is 1. The van der Waals surface area contributed by atoms with Crippen LogP contribution in [0.3, 0.4) is 0 Å². The second kappa shape index (κ2) is 5.86. The van der Waals surface area contributed by atoms with Crippen LogP contribution in [0.5, 0.6) is 5.75 Å². The molecule has 0 aliphatic rings. The Morgan fingerprint density at radius 3 is 2.79 bits per heavy atom. The Bertz CT molecular complexity index is 560. The lowest BCUT2D eigenvalue weighted by Crippen LogP contribution is -2.30. The molecule has 0 unspecified atom stereocenters. The van der Waals surface area contributed by atoms with Crippen molar-refractivity contribution in [1.29, 1.82) is 0 Å². The van der Waals surface area contributed by atoms with Crippen molar-refractivity contribution in [3.63, 3.8) is 0 Å². The molecule has 2 aromatic rings. The Labute approximate surface area is 110 Å². The molecule has 0 bridgehead atoms. The van der Waals surface area contributed by atoms with Gasteiger partial charge in [0.2, 0.25) is 0 Å². The van der Waals surface area contributed by atoms with E-state index in [1.54, 1.807) is 10.9 Å². The zero-order valence-electron chi connectivity index (χ0n) is 10.5. The SMILES string of the molecule is Cn1nccc1CCOc1cc(F)cc(B(O)O)c1. The number of aryl methyl sites for hydroxylation is 1. The highest BCUT2D eigenvalue weighted by atomic mass is 19.1. The highest BCUT2D eigenvalue weighted by Gasteiger charge is 2.13. The quantitative estimate of drug-likeness (QED) is 0.738. The maximum absolute atomic E-state index is 13.2. The fourth-order valence-electron chi connectivity index (χ4n) is 1.74. The van der Waals surface area contributed by atoms with Crippen molar-refractivity contribution in [1.82, 2.24) is 9.78 Å². The molecule has 0 atom stereocenters. The Morgan fingerprint density at radius 2 is 2.16 bits per heavy atom. The average Bonchev–Trinajstić information content (AvgIpc) is 2.74. The van der Waals surface area contributed by atoms with Gasteiger partial charge in [0, 0.05) is 31.4 Å². The van der Waals surface area contributed by atoms with E-state index >= 15 is 0 Å². The Balaban J connectivity index is 1.98. The van der Waals surface area contributed by atoms with E-state index in [2.05, 4.69) is 5.10 Å². The molecule has 2 rings (SSSR count). The lowest BCUT2D eigenvalue weighted by molar-refractivity contribution is 0.317. The average molecular weight is 264 g/mol. The molecule has 0 spiro atoms. The van der Waals surface area contributed by atoms with E-state index < -0.39 is 12.9 Å². The summed E-state index contributed by atoms with van der Waals surface area (Å²) in [6, 6.07) is 5.53. The van der Waals surface area contributed by atoms with Crippen LogP contribution in [0.4, 0.5) is 4.39 Å². The fourth-order valence-corrected chi connectivity index (χ4v) is 1.74. The van der Waals surface area contributed by atoms with Gasteiger partial charge in [-0.2, -0.15) is 5.10 Å². The fraction of sp³-hybridized carbons (Fsp3) is 0.250. The van der Waals surface area contributed by atoms with Crippen molar-refractivity contribution in [2.45, 2.75) is 6.42 Å². The zero-order valence-corrected chi connectivity index (χ0v) is 10.5. The topological polar surface area (TPSA) is 67.5 Å².